The summed E-state index contributed by atoms with van der Waals surface area (Å²) in [5, 5.41) is 15.7. The van der Waals surface area contributed by atoms with E-state index in [-0.39, 0.29) is 4.90 Å². The maximum absolute atomic E-state index is 13.4. The molecule has 1 aromatic rings. The molecule has 0 aromatic carbocycles. The van der Waals surface area contributed by atoms with Gasteiger partial charge in [-0.3, -0.25) is 27.3 Å². The second kappa shape index (κ2) is 8.95. The van der Waals surface area contributed by atoms with Crippen LogP contribution in [0, 0.1) is 5.21 Å². The van der Waals surface area contributed by atoms with Crippen molar-refractivity contribution in [2.24, 2.45) is 0 Å². The fourth-order valence-corrected chi connectivity index (χ4v) is 6.43. The highest BCUT2D eigenvalue weighted by Crippen LogP contribution is 2.54. The molecular formula is C14H28N2O8P2. The quantitative estimate of drug-likeness (QED) is 0.420. The smallest absolute Gasteiger partial charge is 0.359 e. The summed E-state index contributed by atoms with van der Waals surface area (Å²) in [6.45, 7) is 13.0. The third kappa shape index (κ3) is 5.87. The summed E-state index contributed by atoms with van der Waals surface area (Å²) in [6.07, 6.45) is -2.17. The molecule has 0 aliphatic carbocycles. The van der Waals surface area contributed by atoms with Crippen LogP contribution in [0.5, 0.6) is 0 Å². The van der Waals surface area contributed by atoms with Gasteiger partial charge in [0.25, 0.3) is 0 Å². The fraction of sp³-hybridized carbons (Fsp3) is 0.857. The monoisotopic (exact) mass is 414 g/mol. The van der Waals surface area contributed by atoms with Crippen molar-refractivity contribution >= 4 is 26.1 Å². The van der Waals surface area contributed by atoms with Crippen molar-refractivity contribution in [3.8, 4) is 0 Å². The third-order valence-electron chi connectivity index (χ3n) is 2.49. The fourth-order valence-electron chi connectivity index (χ4n) is 1.99. The summed E-state index contributed by atoms with van der Waals surface area (Å²) >= 11 is 0. The Labute approximate surface area is 153 Å². The molecule has 0 saturated carbocycles. The van der Waals surface area contributed by atoms with Gasteiger partial charge < -0.3 is 5.21 Å². The van der Waals surface area contributed by atoms with Gasteiger partial charge in [-0.25, -0.2) is 4.57 Å². The highest BCUT2D eigenvalue weighted by atomic mass is 31.2. The zero-order valence-corrected chi connectivity index (χ0v) is 18.2. The Morgan fingerprint density at radius 3 is 1.50 bits per heavy atom. The lowest BCUT2D eigenvalue weighted by Gasteiger charge is -2.23. The Morgan fingerprint density at radius 2 is 1.15 bits per heavy atom. The number of rotatable bonds is 10. The first-order chi connectivity index (χ1) is 11.8. The summed E-state index contributed by atoms with van der Waals surface area (Å²) in [4.78, 5) is -0.138. The van der Waals surface area contributed by atoms with E-state index >= 15 is 0 Å². The molecule has 0 unspecified atom stereocenters. The lowest BCUT2D eigenvalue weighted by Crippen LogP contribution is -2.48. The molecule has 12 heteroatoms. The molecule has 0 aliphatic rings. The Balaban J connectivity index is 3.60. The average molecular weight is 414 g/mol. The summed E-state index contributed by atoms with van der Waals surface area (Å²) in [6, 6.07) is 0. The van der Waals surface area contributed by atoms with E-state index in [1.54, 1.807) is 55.4 Å². The van der Waals surface area contributed by atoms with Gasteiger partial charge in [0.1, 0.15) is 0 Å². The molecule has 0 aliphatic heterocycles. The molecule has 0 spiro atoms. The summed E-state index contributed by atoms with van der Waals surface area (Å²) in [5.74, 6) is 0. The van der Waals surface area contributed by atoms with Crippen LogP contribution >= 0.6 is 15.2 Å². The van der Waals surface area contributed by atoms with Crippen LogP contribution in [0.1, 0.15) is 55.4 Å². The van der Waals surface area contributed by atoms with E-state index in [0.717, 1.165) is 0 Å². The number of nitrogens with zero attached hydrogens (tertiary/aromatic N) is 2. The van der Waals surface area contributed by atoms with Gasteiger partial charge in [-0.2, -0.15) is 0 Å². The molecule has 26 heavy (non-hydrogen) atoms. The predicted molar refractivity (Wildman–Crippen MR) is 94.8 cm³/mol. The largest absolute Gasteiger partial charge is 0.412 e. The average Bonchev–Trinajstić information content (AvgIpc) is 2.77. The second-order valence-corrected chi connectivity index (χ2v) is 10.4. The minimum Gasteiger partial charge on any atom is -0.359 e. The lowest BCUT2D eigenvalue weighted by molar-refractivity contribution is -0.788. The first kappa shape index (κ1) is 23.3. The van der Waals surface area contributed by atoms with Crippen LogP contribution in [0.4, 0.5) is 0 Å². The van der Waals surface area contributed by atoms with E-state index in [4.69, 9.17) is 18.1 Å². The number of aromatic nitrogens is 2. The predicted octanol–water partition coefficient (Wildman–Crippen LogP) is 2.64. The van der Waals surface area contributed by atoms with Gasteiger partial charge in [-0.1, -0.05) is 0 Å². The molecule has 0 N–H and O–H groups in total. The molecule has 0 fully saturated rings. The Morgan fingerprint density at radius 1 is 0.808 bits per heavy atom. The normalized spacial score (nSPS) is 13.5. The second-order valence-electron chi connectivity index (χ2n) is 6.69. The standard InChI is InChI=1S/C14H28N2O8P2/c1-9(2)20-25(18,21-10(3)4)13-14(16(17)24-15-13)26(19,22-11(5)6)23-12(7)8/h9-12H,1-8H3. The van der Waals surface area contributed by atoms with Gasteiger partial charge in [0, 0.05) is 0 Å². The minimum atomic E-state index is -4.23. The van der Waals surface area contributed by atoms with Gasteiger partial charge >= 0.3 is 26.1 Å². The molecule has 0 atom stereocenters. The first-order valence-electron chi connectivity index (χ1n) is 8.35. The van der Waals surface area contributed by atoms with Crippen LogP contribution in [0.15, 0.2) is 4.63 Å². The lowest BCUT2D eigenvalue weighted by atomic mass is 10.5. The molecule has 0 radical (unpaired) electrons. The van der Waals surface area contributed by atoms with Crippen LogP contribution < -0.4 is 15.8 Å². The van der Waals surface area contributed by atoms with Gasteiger partial charge in [0.2, 0.25) is 0 Å². The Hall–Kier alpha value is -0.760. The van der Waals surface area contributed by atoms with E-state index in [9.17, 15) is 14.3 Å². The third-order valence-corrected chi connectivity index (χ3v) is 7.17. The van der Waals surface area contributed by atoms with Crippen molar-refractivity contribution in [1.29, 1.82) is 0 Å². The molecule has 152 valence electrons. The summed E-state index contributed by atoms with van der Waals surface area (Å²) in [7, 11) is -8.37. The van der Waals surface area contributed by atoms with E-state index in [1.165, 1.54) is 0 Å². The first-order valence-corrected chi connectivity index (χ1v) is 11.4. The highest BCUT2D eigenvalue weighted by Gasteiger charge is 2.52. The molecule has 0 amide bonds. The molecular weight excluding hydrogens is 386 g/mol. The van der Waals surface area contributed by atoms with Crippen molar-refractivity contribution < 1.29 is 36.8 Å². The van der Waals surface area contributed by atoms with Crippen molar-refractivity contribution in [2.45, 2.75) is 79.8 Å². The highest BCUT2D eigenvalue weighted by molar-refractivity contribution is 7.68. The van der Waals surface area contributed by atoms with Gasteiger partial charge in [-0.15, -0.1) is 0 Å². The Kier molecular flexibility index (Phi) is 8.02. The van der Waals surface area contributed by atoms with Crippen LogP contribution in [0.2, 0.25) is 0 Å². The maximum atomic E-state index is 13.4. The SMILES string of the molecule is CC(C)OP(=O)(OC(C)C)c1no[n+]([O-])c1P(=O)(OC(C)C)OC(C)C. The number of hydrogen-bond donors (Lipinski definition) is 0. The molecule has 10 nitrogen and oxygen atoms in total. The van der Waals surface area contributed by atoms with Crippen LogP contribution in [0.25, 0.3) is 0 Å². The molecule has 1 aromatic heterocycles. The molecule has 1 rings (SSSR count). The van der Waals surface area contributed by atoms with Crippen molar-refractivity contribution in [2.75, 3.05) is 0 Å². The topological polar surface area (TPSA) is 124 Å². The van der Waals surface area contributed by atoms with E-state index in [0.29, 0.717) is 0 Å². The summed E-state index contributed by atoms with van der Waals surface area (Å²) < 4.78 is 52.9. The van der Waals surface area contributed by atoms with Gasteiger partial charge in [0.15, 0.2) is 0 Å². The molecule has 0 bridgehead atoms. The van der Waals surface area contributed by atoms with Crippen molar-refractivity contribution in [3.05, 3.63) is 5.21 Å². The minimum absolute atomic E-state index is 0.138. The molecule has 0 saturated heterocycles. The van der Waals surface area contributed by atoms with Crippen LogP contribution in [-0.2, 0) is 27.2 Å². The van der Waals surface area contributed by atoms with E-state index in [1.807, 2.05) is 0 Å². The molecule has 1 heterocycles. The zero-order valence-electron chi connectivity index (χ0n) is 16.4. The van der Waals surface area contributed by atoms with E-state index < -0.39 is 50.5 Å². The van der Waals surface area contributed by atoms with Gasteiger partial charge in [-0.05, 0) is 60.3 Å². The Bertz CT molecular complexity index is 658. The zero-order chi connectivity index (χ0) is 20.3. The van der Waals surface area contributed by atoms with Gasteiger partial charge in [0.05, 0.1) is 29.6 Å². The van der Waals surface area contributed by atoms with Crippen LogP contribution in [-0.4, -0.2) is 29.6 Å². The van der Waals surface area contributed by atoms with Crippen molar-refractivity contribution in [1.82, 2.24) is 5.16 Å². The van der Waals surface area contributed by atoms with Crippen LogP contribution in [0.3, 0.4) is 0 Å². The number of hydrogen-bond acceptors (Lipinski definition) is 9. The summed E-state index contributed by atoms with van der Waals surface area (Å²) in [5.41, 5.74) is -1.15. The van der Waals surface area contributed by atoms with E-state index in [2.05, 4.69) is 9.79 Å². The maximum Gasteiger partial charge on any atom is 0.412 e. The van der Waals surface area contributed by atoms with Crippen molar-refractivity contribution in [3.63, 3.8) is 0 Å².